The van der Waals surface area contributed by atoms with Crippen LogP contribution in [-0.2, 0) is 25.5 Å². The fourth-order valence-corrected chi connectivity index (χ4v) is 5.68. The molecule has 0 aliphatic carbocycles. The Morgan fingerprint density at radius 3 is 2.07 bits per heavy atom. The van der Waals surface area contributed by atoms with E-state index in [2.05, 4.69) is 44.5 Å². The molecule has 1 aromatic rings. The maximum atomic E-state index is 12.7. The van der Waals surface area contributed by atoms with Gasteiger partial charge in [0.15, 0.2) is 0 Å². The molecule has 43 heavy (non-hydrogen) atoms. The lowest BCUT2D eigenvalue weighted by molar-refractivity contribution is -0.144. The van der Waals surface area contributed by atoms with Crippen LogP contribution in [0.1, 0.15) is 63.0 Å². The lowest BCUT2D eigenvalue weighted by Gasteiger charge is -2.37. The van der Waals surface area contributed by atoms with Crippen molar-refractivity contribution in [2.45, 2.75) is 90.7 Å². The average Bonchev–Trinajstić information content (AvgIpc) is 2.87. The first-order valence-electron chi connectivity index (χ1n) is 13.9. The van der Waals surface area contributed by atoms with Crippen molar-refractivity contribution in [2.24, 2.45) is 0 Å². The number of alkyl carbamates (subject to hydrolysis) is 1. The number of carboxylic acids is 1. The molecule has 0 unspecified atom stereocenters. The van der Waals surface area contributed by atoms with E-state index >= 15 is 0 Å². The molecule has 0 fully saturated rings. The molecule has 2 atom stereocenters. The molecule has 1 rings (SSSR count). The highest BCUT2D eigenvalue weighted by molar-refractivity contribution is 7.99. The van der Waals surface area contributed by atoms with Crippen molar-refractivity contribution < 1.29 is 48.0 Å². The summed E-state index contributed by atoms with van der Waals surface area (Å²) in [6.07, 6.45) is -0.609. The molecule has 0 aromatic heterocycles. The normalized spacial score (nSPS) is 13.4. The molecule has 0 spiro atoms. The number of carboxylic acid groups (broad SMARTS) is 1. The second kappa shape index (κ2) is 15.7. The SMILES string of the molecule is COC(=O)[C@@H](CSCCc1c(OC)cc(O[Si](C)(C)C(C)(C)C)c(C)c1C(=O)O)NC(=O)[C@H](CO)NC(=O)OC(C)(C)C. The minimum atomic E-state index is -2.27. The monoisotopic (exact) mass is 644 g/mol. The molecule has 2 amide bonds. The van der Waals surface area contributed by atoms with Gasteiger partial charge in [-0.05, 0) is 58.0 Å². The third-order valence-corrected chi connectivity index (χ3v) is 12.4. The number of carbonyl (C=O) groups excluding carboxylic acids is 3. The Morgan fingerprint density at radius 2 is 1.60 bits per heavy atom. The number of rotatable bonds is 14. The molecule has 0 aliphatic rings. The Kier molecular flexibility index (Phi) is 13.9. The van der Waals surface area contributed by atoms with Crippen LogP contribution < -0.4 is 19.8 Å². The molecule has 0 bridgehead atoms. The van der Waals surface area contributed by atoms with Crippen molar-refractivity contribution in [1.29, 1.82) is 0 Å². The smallest absolute Gasteiger partial charge is 0.408 e. The highest BCUT2D eigenvalue weighted by Gasteiger charge is 2.40. The number of esters is 1. The van der Waals surface area contributed by atoms with Crippen LogP contribution in [0.4, 0.5) is 4.79 Å². The number of thioether (sulfide) groups is 1. The maximum Gasteiger partial charge on any atom is 0.408 e. The number of methoxy groups -OCH3 is 2. The van der Waals surface area contributed by atoms with E-state index in [1.807, 2.05) is 0 Å². The van der Waals surface area contributed by atoms with Crippen LogP contribution in [0, 0.1) is 6.92 Å². The Morgan fingerprint density at radius 1 is 1.00 bits per heavy atom. The zero-order valence-corrected chi connectivity index (χ0v) is 28.9. The van der Waals surface area contributed by atoms with Crippen LogP contribution >= 0.6 is 11.8 Å². The summed E-state index contributed by atoms with van der Waals surface area (Å²) < 4.78 is 22.0. The van der Waals surface area contributed by atoms with Crippen molar-refractivity contribution >= 4 is 44.0 Å². The number of aromatic carboxylic acids is 1. The summed E-state index contributed by atoms with van der Waals surface area (Å²) in [6.45, 7) is 16.4. The quantitative estimate of drug-likeness (QED) is 0.132. The van der Waals surface area contributed by atoms with Crippen molar-refractivity contribution in [3.63, 3.8) is 0 Å². The van der Waals surface area contributed by atoms with Gasteiger partial charge in [-0.2, -0.15) is 11.8 Å². The molecule has 0 heterocycles. The Balaban J connectivity index is 3.08. The zero-order chi connectivity index (χ0) is 33.3. The van der Waals surface area contributed by atoms with Gasteiger partial charge in [0.05, 0.1) is 26.4 Å². The Bertz CT molecular complexity index is 1160. The molecule has 0 saturated carbocycles. The van der Waals surface area contributed by atoms with E-state index < -0.39 is 56.5 Å². The fraction of sp³-hybridized carbons (Fsp3) is 0.655. The number of hydrogen-bond donors (Lipinski definition) is 4. The largest absolute Gasteiger partial charge is 0.543 e. The van der Waals surface area contributed by atoms with Gasteiger partial charge in [0.25, 0.3) is 0 Å². The first-order valence-corrected chi connectivity index (χ1v) is 17.9. The van der Waals surface area contributed by atoms with Crippen LogP contribution in [0.25, 0.3) is 0 Å². The lowest BCUT2D eigenvalue weighted by Crippen LogP contribution is -2.54. The van der Waals surface area contributed by atoms with Crippen molar-refractivity contribution in [2.75, 3.05) is 32.3 Å². The second-order valence-electron chi connectivity index (χ2n) is 12.5. The Labute approximate surface area is 259 Å². The maximum absolute atomic E-state index is 12.7. The molecule has 0 aliphatic heterocycles. The molecule has 12 nitrogen and oxygen atoms in total. The van der Waals surface area contributed by atoms with Gasteiger partial charge in [-0.3, -0.25) is 4.79 Å². The summed E-state index contributed by atoms with van der Waals surface area (Å²) in [5.41, 5.74) is 0.282. The topological polar surface area (TPSA) is 170 Å². The molecule has 0 saturated heterocycles. The van der Waals surface area contributed by atoms with Crippen molar-refractivity contribution in [3.05, 3.63) is 22.8 Å². The number of hydrogen-bond acceptors (Lipinski definition) is 10. The molecule has 4 N–H and O–H groups in total. The third kappa shape index (κ3) is 11.2. The minimum absolute atomic E-state index is 0.0826. The summed E-state index contributed by atoms with van der Waals surface area (Å²) in [4.78, 5) is 49.6. The van der Waals surface area contributed by atoms with E-state index in [9.17, 15) is 29.4 Å². The van der Waals surface area contributed by atoms with Crippen molar-refractivity contribution in [1.82, 2.24) is 10.6 Å². The number of carbonyl (C=O) groups is 4. The van der Waals surface area contributed by atoms with Gasteiger partial charge in [0, 0.05) is 22.9 Å². The van der Waals surface area contributed by atoms with E-state index in [1.54, 1.807) is 33.8 Å². The average molecular weight is 645 g/mol. The predicted octanol–water partition coefficient (Wildman–Crippen LogP) is 3.90. The zero-order valence-electron chi connectivity index (χ0n) is 27.1. The molecule has 14 heteroatoms. The fourth-order valence-electron chi connectivity index (χ4n) is 3.64. The summed E-state index contributed by atoms with van der Waals surface area (Å²) >= 11 is 1.28. The van der Waals surface area contributed by atoms with Gasteiger partial charge in [-0.15, -0.1) is 0 Å². The first kappa shape index (κ1) is 38.1. The number of nitrogens with one attached hydrogen (secondary N) is 2. The summed E-state index contributed by atoms with van der Waals surface area (Å²) in [5, 5.41) is 24.4. The van der Waals surface area contributed by atoms with Gasteiger partial charge in [-0.25, -0.2) is 14.4 Å². The molecule has 0 radical (unpaired) electrons. The van der Waals surface area contributed by atoms with E-state index in [1.165, 1.54) is 26.0 Å². The second-order valence-corrected chi connectivity index (χ2v) is 18.4. The number of benzene rings is 1. The van der Waals surface area contributed by atoms with Gasteiger partial charge >= 0.3 is 18.0 Å². The van der Waals surface area contributed by atoms with Crippen LogP contribution in [0.2, 0.25) is 18.1 Å². The summed E-state index contributed by atoms with van der Waals surface area (Å²) in [6, 6.07) is -0.726. The number of ether oxygens (including phenoxy) is 3. The minimum Gasteiger partial charge on any atom is -0.543 e. The molecule has 1 aromatic carbocycles. The van der Waals surface area contributed by atoms with Gasteiger partial charge < -0.3 is 39.5 Å². The van der Waals surface area contributed by atoms with Gasteiger partial charge in [-0.1, -0.05) is 20.8 Å². The highest BCUT2D eigenvalue weighted by atomic mass is 32.2. The molecule has 244 valence electrons. The van der Waals surface area contributed by atoms with Crippen LogP contribution in [0.3, 0.4) is 0 Å². The molecular weight excluding hydrogens is 596 g/mol. The number of aliphatic hydroxyl groups excluding tert-OH is 1. The standard InChI is InChI=1S/C29H48N2O10SSi/c1-17-21(41-43(10,11)29(5,6)7)14-22(38-8)18(23(17)25(34)35)12-13-42-16-20(26(36)39-9)30-24(33)19(15-32)31-27(37)40-28(2,3)4/h14,19-20,32H,12-13,15-16H2,1-11H3,(H,30,33)(H,31,37)(H,34,35)/t19-,20+/m0/s1. The van der Waals surface area contributed by atoms with Gasteiger partial charge in [0.2, 0.25) is 14.2 Å². The first-order chi connectivity index (χ1) is 19.7. The van der Waals surface area contributed by atoms with Crippen LogP contribution in [0.15, 0.2) is 6.07 Å². The lowest BCUT2D eigenvalue weighted by atomic mass is 9.98. The van der Waals surface area contributed by atoms with Crippen molar-refractivity contribution in [3.8, 4) is 11.5 Å². The van der Waals surface area contributed by atoms with E-state index in [0.29, 0.717) is 28.4 Å². The van der Waals surface area contributed by atoms with Crippen LogP contribution in [-0.4, -0.2) is 92.5 Å². The van der Waals surface area contributed by atoms with E-state index in [4.69, 9.17) is 18.6 Å². The Hall–Kier alpha value is -2.97. The van der Waals surface area contributed by atoms with Gasteiger partial charge in [0.1, 0.15) is 29.2 Å². The summed E-state index contributed by atoms with van der Waals surface area (Å²) in [5.74, 6) is -1.31. The van der Waals surface area contributed by atoms with Crippen LogP contribution in [0.5, 0.6) is 11.5 Å². The number of aliphatic hydroxyl groups is 1. The van der Waals surface area contributed by atoms with E-state index in [-0.39, 0.29) is 22.8 Å². The number of amides is 2. The predicted molar refractivity (Wildman–Crippen MR) is 168 cm³/mol. The summed E-state index contributed by atoms with van der Waals surface area (Å²) in [7, 11) is 0.375. The highest BCUT2D eigenvalue weighted by Crippen LogP contribution is 2.41. The molecular formula is C29H48N2O10SSi. The van der Waals surface area contributed by atoms with E-state index in [0.717, 1.165) is 0 Å². The third-order valence-electron chi connectivity index (χ3n) is 6.98.